The SMILES string of the molecule is CC(C)(O)c1coc(S(=O)(=O)NC(=O)Nc2c3c(cc4c2CCC4O)CCC3)c1.COc1ccc2c(c1NC(=O)NS(=O)(=O)c1cc(C(C)(C)O)co1)CCC2. The molecule has 0 spiro atoms. The molecule has 4 amide bonds. The molecule has 0 radical (unpaired) electrons. The van der Waals surface area contributed by atoms with E-state index >= 15 is 0 Å². The standard InChI is InChI=1S/C20H24N2O6S.C18H22N2O6S/c1-20(2,25)12-9-17(28-10-12)29(26,27)22-19(24)21-18-13-5-3-4-11(13)8-15-14(18)6-7-16(15)23;1-18(2,22)12-9-15(26-10-12)27(23,24)20-17(21)19-16-13-6-4-5-11(13)7-8-14(16)25-3/h8-10,16,23,25H,3-7H2,1-2H3,(H2,21,22,24);7-10,22H,4-6H2,1-3H3,(H2,19,20,21). The molecule has 0 saturated carbocycles. The highest BCUT2D eigenvalue weighted by Gasteiger charge is 2.32. The molecule has 0 saturated heterocycles. The van der Waals surface area contributed by atoms with Crippen molar-refractivity contribution in [2.24, 2.45) is 0 Å². The number of ether oxygens (including phenoxy) is 1. The van der Waals surface area contributed by atoms with Crippen molar-refractivity contribution in [2.75, 3.05) is 17.7 Å². The fourth-order valence-electron chi connectivity index (χ4n) is 7.10. The first-order valence-electron chi connectivity index (χ1n) is 18.0. The lowest BCUT2D eigenvalue weighted by Crippen LogP contribution is -2.34. The molecular formula is C38H46N4O12S2. The number of rotatable bonds is 9. The molecule has 1 atom stereocenters. The summed E-state index contributed by atoms with van der Waals surface area (Å²) in [4.78, 5) is 24.9. The Balaban J connectivity index is 0.000000190. The lowest BCUT2D eigenvalue weighted by molar-refractivity contribution is 0.0773. The smallest absolute Gasteiger partial charge is 0.333 e. The van der Waals surface area contributed by atoms with Crippen LogP contribution in [-0.2, 0) is 63.4 Å². The second kappa shape index (κ2) is 15.2. The Morgan fingerprint density at radius 1 is 0.714 bits per heavy atom. The van der Waals surface area contributed by atoms with Crippen molar-refractivity contribution >= 4 is 43.5 Å². The van der Waals surface area contributed by atoms with E-state index in [4.69, 9.17) is 13.6 Å². The first-order chi connectivity index (χ1) is 26.2. The molecule has 3 aliphatic rings. The zero-order chi connectivity index (χ0) is 40.8. The predicted molar refractivity (Wildman–Crippen MR) is 203 cm³/mol. The van der Waals surface area contributed by atoms with Crippen LogP contribution < -0.4 is 24.8 Å². The van der Waals surface area contributed by atoms with Crippen LogP contribution in [0.15, 0.2) is 61.9 Å². The van der Waals surface area contributed by atoms with Gasteiger partial charge in [-0.15, -0.1) is 0 Å². The van der Waals surface area contributed by atoms with E-state index in [0.29, 0.717) is 30.0 Å². The highest BCUT2D eigenvalue weighted by molar-refractivity contribution is 7.90. The van der Waals surface area contributed by atoms with Crippen molar-refractivity contribution in [2.45, 2.75) is 107 Å². The van der Waals surface area contributed by atoms with Crippen LogP contribution in [0.3, 0.4) is 0 Å². The number of aliphatic hydroxyl groups is 3. The summed E-state index contributed by atoms with van der Waals surface area (Å²) in [7, 11) is -7.00. The number of sulfonamides is 2. The summed E-state index contributed by atoms with van der Waals surface area (Å²) in [6.07, 6.45) is 8.19. The lowest BCUT2D eigenvalue weighted by atomic mass is 9.98. The van der Waals surface area contributed by atoms with Crippen LogP contribution in [0, 0.1) is 0 Å². The first kappa shape index (κ1) is 40.8. The maximum Gasteiger partial charge on any atom is 0.333 e. The molecule has 4 aromatic rings. The molecule has 16 nitrogen and oxygen atoms in total. The van der Waals surface area contributed by atoms with Gasteiger partial charge in [-0.05, 0) is 119 Å². The number of methoxy groups -OCH3 is 1. The van der Waals surface area contributed by atoms with Crippen molar-refractivity contribution < 1.29 is 55.3 Å². The number of anilines is 2. The Kier molecular flexibility index (Phi) is 11.1. The summed E-state index contributed by atoms with van der Waals surface area (Å²) in [5, 5.41) is 34.5. The van der Waals surface area contributed by atoms with Crippen molar-refractivity contribution in [3.8, 4) is 5.75 Å². The maximum absolute atomic E-state index is 12.5. The predicted octanol–water partition coefficient (Wildman–Crippen LogP) is 5.00. The molecule has 0 aliphatic heterocycles. The molecule has 3 aliphatic carbocycles. The molecule has 18 heteroatoms. The lowest BCUT2D eigenvalue weighted by Gasteiger charge is -2.17. The molecule has 7 rings (SSSR count). The van der Waals surface area contributed by atoms with E-state index in [9.17, 15) is 41.7 Å². The normalized spacial score (nSPS) is 16.2. The molecule has 2 aromatic carbocycles. The van der Waals surface area contributed by atoms with Crippen LogP contribution in [0.1, 0.15) is 97.6 Å². The summed E-state index contributed by atoms with van der Waals surface area (Å²) in [6.45, 7) is 5.99. The van der Waals surface area contributed by atoms with Gasteiger partial charge in [0.05, 0.1) is 42.6 Å². The van der Waals surface area contributed by atoms with Gasteiger partial charge in [0, 0.05) is 28.9 Å². The van der Waals surface area contributed by atoms with E-state index in [2.05, 4.69) is 10.6 Å². The maximum atomic E-state index is 12.5. The second-order valence-electron chi connectivity index (χ2n) is 15.0. The van der Waals surface area contributed by atoms with Gasteiger partial charge >= 0.3 is 12.1 Å². The van der Waals surface area contributed by atoms with E-state index < -0.39 is 59.6 Å². The third kappa shape index (κ3) is 8.58. The number of aliphatic hydroxyl groups excluding tert-OH is 1. The van der Waals surface area contributed by atoms with Crippen LogP contribution in [-0.4, -0.2) is 51.3 Å². The molecule has 0 bridgehead atoms. The van der Waals surface area contributed by atoms with Gasteiger partial charge in [-0.2, -0.15) is 16.8 Å². The molecule has 2 heterocycles. The minimum Gasteiger partial charge on any atom is -0.495 e. The highest BCUT2D eigenvalue weighted by atomic mass is 32.2. The monoisotopic (exact) mass is 814 g/mol. The molecule has 2 aromatic heterocycles. The van der Waals surface area contributed by atoms with E-state index in [0.717, 1.165) is 84.4 Å². The molecule has 56 heavy (non-hydrogen) atoms. The fourth-order valence-corrected chi connectivity index (χ4v) is 8.80. The number of urea groups is 2. The summed E-state index contributed by atoms with van der Waals surface area (Å²) >= 11 is 0. The molecular weight excluding hydrogens is 769 g/mol. The average Bonchev–Trinajstić information content (AvgIpc) is 3.94. The van der Waals surface area contributed by atoms with Gasteiger partial charge in [0.15, 0.2) is 0 Å². The number of hydrogen-bond acceptors (Lipinski definition) is 12. The zero-order valence-electron chi connectivity index (χ0n) is 31.6. The van der Waals surface area contributed by atoms with E-state index in [1.807, 2.05) is 21.6 Å². The van der Waals surface area contributed by atoms with Gasteiger partial charge in [0.2, 0.25) is 10.2 Å². The van der Waals surface area contributed by atoms with Gasteiger partial charge < -0.3 is 39.5 Å². The van der Waals surface area contributed by atoms with Gasteiger partial charge in [0.25, 0.3) is 20.0 Å². The van der Waals surface area contributed by atoms with Crippen molar-refractivity contribution in [1.29, 1.82) is 0 Å². The summed E-state index contributed by atoms with van der Waals surface area (Å²) in [5.74, 6) is 0.463. The number of hydrogen-bond donors (Lipinski definition) is 7. The number of carbonyl (C=O) groups is 2. The second-order valence-corrected chi connectivity index (χ2v) is 18.3. The van der Waals surface area contributed by atoms with Crippen LogP contribution >= 0.6 is 0 Å². The van der Waals surface area contributed by atoms with Crippen LogP contribution in [0.5, 0.6) is 5.75 Å². The molecule has 302 valence electrons. The summed E-state index contributed by atoms with van der Waals surface area (Å²) in [6, 6.07) is 6.25. The van der Waals surface area contributed by atoms with Gasteiger partial charge in [-0.25, -0.2) is 19.0 Å². The van der Waals surface area contributed by atoms with E-state index in [1.165, 1.54) is 46.9 Å². The molecule has 7 N–H and O–H groups in total. The van der Waals surface area contributed by atoms with Crippen LogP contribution in [0.4, 0.5) is 21.0 Å². The minimum absolute atomic E-state index is 0.283. The van der Waals surface area contributed by atoms with E-state index in [-0.39, 0.29) is 11.1 Å². The van der Waals surface area contributed by atoms with Gasteiger partial charge in [0.1, 0.15) is 5.75 Å². The number of furan rings is 2. The Hall–Kier alpha value is -4.88. The topological polar surface area (TPSA) is 247 Å². The zero-order valence-corrected chi connectivity index (χ0v) is 33.2. The first-order valence-corrected chi connectivity index (χ1v) is 21.0. The number of benzene rings is 2. The van der Waals surface area contributed by atoms with Gasteiger partial charge in [-0.3, -0.25) is 0 Å². The third-order valence-electron chi connectivity index (χ3n) is 10.1. The number of nitrogens with one attached hydrogen (secondary N) is 4. The third-order valence-corrected chi connectivity index (χ3v) is 12.5. The molecule has 1 unspecified atom stereocenters. The summed E-state index contributed by atoms with van der Waals surface area (Å²) in [5.41, 5.74) is 4.93. The highest BCUT2D eigenvalue weighted by Crippen LogP contribution is 2.42. The Morgan fingerprint density at radius 2 is 1.21 bits per heavy atom. The Labute approximate surface area is 324 Å². The van der Waals surface area contributed by atoms with Crippen molar-refractivity contribution in [3.63, 3.8) is 0 Å². The van der Waals surface area contributed by atoms with Crippen molar-refractivity contribution in [3.05, 3.63) is 87.4 Å². The largest absolute Gasteiger partial charge is 0.495 e. The number of amides is 4. The summed E-state index contributed by atoms with van der Waals surface area (Å²) < 4.78 is 69.0. The van der Waals surface area contributed by atoms with Gasteiger partial charge in [-0.1, -0.05) is 12.1 Å². The van der Waals surface area contributed by atoms with Crippen LogP contribution in [0.2, 0.25) is 0 Å². The molecule has 0 fully saturated rings. The average molecular weight is 815 g/mol. The van der Waals surface area contributed by atoms with Crippen LogP contribution in [0.25, 0.3) is 0 Å². The number of aryl methyl sites for hydroxylation is 2. The fraction of sp³-hybridized carbons (Fsp3) is 0.421. The minimum atomic E-state index is -4.25. The quantitative estimate of drug-likeness (QED) is 0.118. The Morgan fingerprint density at radius 3 is 1.71 bits per heavy atom. The van der Waals surface area contributed by atoms with Crippen molar-refractivity contribution in [1.82, 2.24) is 9.44 Å². The number of carbonyl (C=O) groups excluding carboxylic acids is 2. The van der Waals surface area contributed by atoms with E-state index in [1.54, 1.807) is 6.07 Å². The Bertz CT molecular complexity index is 2390. The number of fused-ring (bicyclic) bond motifs is 3.